The zero-order valence-corrected chi connectivity index (χ0v) is 6.34. The smallest absolute Gasteiger partial charge is 0.303 e. The van der Waals surface area contributed by atoms with Crippen molar-refractivity contribution in [3.63, 3.8) is 0 Å². The Bertz CT molecular complexity index is 169. The molecule has 3 heteroatoms. The number of carboxylic acid groups (broad SMARTS) is 1. The summed E-state index contributed by atoms with van der Waals surface area (Å²) in [5, 5.41) is 9.94. The number of hydrogen-bond acceptors (Lipinski definition) is 1. The third-order valence-corrected chi connectivity index (χ3v) is 3.76. The van der Waals surface area contributed by atoms with E-state index in [9.17, 15) is 4.79 Å². The number of alkyl halides is 2. The van der Waals surface area contributed by atoms with E-state index in [-0.39, 0.29) is 0 Å². The third kappa shape index (κ3) is 1.01. The average molecular weight is 162 g/mol. The molecule has 2 aliphatic rings. The van der Waals surface area contributed by atoms with Crippen molar-refractivity contribution in [2.24, 2.45) is 5.92 Å². The molecule has 56 valence electrons. The van der Waals surface area contributed by atoms with E-state index in [0.29, 0.717) is 17.7 Å². The van der Waals surface area contributed by atoms with Gasteiger partial charge >= 0.3 is 5.97 Å². The fraction of sp³-hybridized carbons (Fsp3) is 0.857. The number of halogens is 1. The highest BCUT2D eigenvalue weighted by atomic mass is 35.5. The molecule has 1 aliphatic carbocycles. The molecule has 0 aromatic carbocycles. The van der Waals surface area contributed by atoms with Crippen LogP contribution in [-0.4, -0.2) is 21.8 Å². The van der Waals surface area contributed by atoms with Crippen LogP contribution < -0.4 is 0 Å². The lowest BCUT2D eigenvalue weighted by Crippen LogP contribution is -2.09. The second-order valence-electron chi connectivity index (χ2n) is 3.02. The molecule has 1 heterocycles. The molecular formula is C7H10ClO2+. The highest BCUT2D eigenvalue weighted by Gasteiger charge is 2.66. The first-order valence-corrected chi connectivity index (χ1v) is 4.48. The van der Waals surface area contributed by atoms with Crippen LogP contribution in [0.2, 0.25) is 0 Å². The minimum Gasteiger partial charge on any atom is -0.481 e. The maximum Gasteiger partial charge on any atom is 0.303 e. The number of carboxylic acids is 1. The minimum absolute atomic E-state index is 0.383. The molecule has 2 nitrogen and oxygen atoms in total. The largest absolute Gasteiger partial charge is 0.481 e. The van der Waals surface area contributed by atoms with Crippen LogP contribution in [0.25, 0.3) is 0 Å². The first-order chi connectivity index (χ1) is 4.77. The van der Waals surface area contributed by atoms with Gasteiger partial charge in [0, 0.05) is 12.3 Å². The van der Waals surface area contributed by atoms with E-state index in [1.54, 1.807) is 0 Å². The van der Waals surface area contributed by atoms with Gasteiger partial charge in [0.2, 0.25) is 10.8 Å². The second-order valence-corrected chi connectivity index (χ2v) is 4.34. The van der Waals surface area contributed by atoms with Crippen molar-refractivity contribution in [2.45, 2.75) is 30.0 Å². The monoisotopic (exact) mass is 161 g/mol. The van der Waals surface area contributed by atoms with Gasteiger partial charge in [0.1, 0.15) is 10.8 Å². The van der Waals surface area contributed by atoms with Gasteiger partial charge in [-0.25, -0.2) is 0 Å². The van der Waals surface area contributed by atoms with Gasteiger partial charge in [-0.3, -0.25) is 4.79 Å². The van der Waals surface area contributed by atoms with Crippen LogP contribution in [0.1, 0.15) is 19.3 Å². The van der Waals surface area contributed by atoms with Crippen molar-refractivity contribution in [2.75, 3.05) is 0 Å². The summed E-state index contributed by atoms with van der Waals surface area (Å²) in [6, 6.07) is 0. The molecular weight excluding hydrogens is 152 g/mol. The predicted octanol–water partition coefficient (Wildman–Crippen LogP) is 0.707. The third-order valence-electron chi connectivity index (χ3n) is 2.29. The van der Waals surface area contributed by atoms with Gasteiger partial charge in [-0.1, -0.05) is 0 Å². The summed E-state index contributed by atoms with van der Waals surface area (Å²) in [6.07, 6.45) is 2.75. The molecule has 0 unspecified atom stereocenters. The Labute approximate surface area is 63.3 Å². The molecule has 10 heavy (non-hydrogen) atoms. The minimum atomic E-state index is -0.636. The first kappa shape index (κ1) is 6.47. The maximum atomic E-state index is 10.3. The zero-order chi connectivity index (χ0) is 7.14. The summed E-state index contributed by atoms with van der Waals surface area (Å²) < 4.78 is 0. The lowest BCUT2D eigenvalue weighted by Gasteiger charge is -1.99. The van der Waals surface area contributed by atoms with E-state index in [1.807, 2.05) is 0 Å². The van der Waals surface area contributed by atoms with Crippen molar-refractivity contribution in [3.05, 3.63) is 0 Å². The standard InChI is InChI=1S/C7H9ClO2/c9-6(10)3-4-1-2-5-7(4)8-5/h4-5,7H,1-3H2/p+1/t4-,5+,7-/m0/s1. The molecule has 1 saturated heterocycles. The molecule has 1 aliphatic heterocycles. The number of hydrogen-bond donors (Lipinski definition) is 1. The van der Waals surface area contributed by atoms with Crippen LogP contribution in [0.3, 0.4) is 0 Å². The quantitative estimate of drug-likeness (QED) is 0.606. The Morgan fingerprint density at radius 1 is 1.60 bits per heavy atom. The molecule has 0 spiro atoms. The highest BCUT2D eigenvalue weighted by Crippen LogP contribution is 2.45. The van der Waals surface area contributed by atoms with Crippen LogP contribution >= 0.6 is 0 Å². The van der Waals surface area contributed by atoms with Crippen molar-refractivity contribution in [3.8, 4) is 0 Å². The topological polar surface area (TPSA) is 37.3 Å². The summed E-state index contributed by atoms with van der Waals surface area (Å²) in [5.41, 5.74) is 0. The van der Waals surface area contributed by atoms with Gasteiger partial charge < -0.3 is 5.11 Å². The Balaban J connectivity index is 1.88. The summed E-state index contributed by atoms with van der Waals surface area (Å²) in [5.74, 6) is -0.167. The van der Waals surface area contributed by atoms with Gasteiger partial charge in [-0.15, -0.1) is 0 Å². The fourth-order valence-corrected chi connectivity index (χ4v) is 3.03. The van der Waals surface area contributed by atoms with Crippen molar-refractivity contribution in [1.29, 1.82) is 0 Å². The van der Waals surface area contributed by atoms with E-state index in [4.69, 9.17) is 5.11 Å². The van der Waals surface area contributed by atoms with E-state index < -0.39 is 5.97 Å². The van der Waals surface area contributed by atoms with Crippen molar-refractivity contribution < 1.29 is 20.7 Å². The summed E-state index contributed by atoms with van der Waals surface area (Å²) >= 11 is 0. The van der Waals surface area contributed by atoms with E-state index in [0.717, 1.165) is 11.8 Å². The van der Waals surface area contributed by atoms with E-state index in [2.05, 4.69) is 10.8 Å². The van der Waals surface area contributed by atoms with Gasteiger partial charge in [-0.05, 0) is 6.42 Å². The van der Waals surface area contributed by atoms with Crippen LogP contribution in [-0.2, 0) is 4.79 Å². The van der Waals surface area contributed by atoms with E-state index in [1.165, 1.54) is 6.42 Å². The Kier molecular flexibility index (Phi) is 1.37. The van der Waals surface area contributed by atoms with Gasteiger partial charge in [0.25, 0.3) is 0 Å². The molecule has 3 atom stereocenters. The number of rotatable bonds is 2. The number of carbonyl (C=O) groups is 1. The molecule has 0 aromatic heterocycles. The molecule has 0 aromatic rings. The lowest BCUT2D eigenvalue weighted by atomic mass is 10.0. The molecule has 2 rings (SSSR count). The summed E-state index contributed by atoms with van der Waals surface area (Å²) in [7, 11) is 2.40. The Hall–Kier alpha value is -0.240. The highest BCUT2D eigenvalue weighted by molar-refractivity contribution is 5.67. The van der Waals surface area contributed by atoms with Gasteiger partial charge in [0.05, 0.1) is 6.42 Å². The molecule has 0 bridgehead atoms. The van der Waals surface area contributed by atoms with Crippen LogP contribution in [0.15, 0.2) is 0 Å². The molecule has 0 radical (unpaired) electrons. The number of aliphatic carboxylic acids is 1. The van der Waals surface area contributed by atoms with Crippen LogP contribution in [0.5, 0.6) is 0 Å². The van der Waals surface area contributed by atoms with Gasteiger partial charge in [0.15, 0.2) is 0 Å². The SMILES string of the molecule is O=C(O)C[C@@H]1CC[C@H]2[Cl+][C@@H]12. The Morgan fingerprint density at radius 2 is 2.40 bits per heavy atom. The van der Waals surface area contributed by atoms with Crippen molar-refractivity contribution in [1.82, 2.24) is 0 Å². The fourth-order valence-electron chi connectivity index (χ4n) is 1.74. The predicted molar refractivity (Wildman–Crippen MR) is 32.6 cm³/mol. The average Bonchev–Trinajstić information content (AvgIpc) is 2.52. The zero-order valence-electron chi connectivity index (χ0n) is 5.59. The van der Waals surface area contributed by atoms with Crippen molar-refractivity contribution >= 4 is 5.97 Å². The van der Waals surface area contributed by atoms with Crippen LogP contribution in [0, 0.1) is 16.7 Å². The lowest BCUT2D eigenvalue weighted by molar-refractivity contribution is -0.527. The molecule has 1 N–H and O–H groups in total. The van der Waals surface area contributed by atoms with Gasteiger partial charge in [-0.2, -0.15) is 0 Å². The molecule has 2 fully saturated rings. The molecule has 0 amide bonds. The molecule has 1 saturated carbocycles. The normalized spacial score (nSPS) is 43.0. The Morgan fingerprint density at radius 3 is 2.80 bits per heavy atom. The summed E-state index contributed by atoms with van der Waals surface area (Å²) in [4.78, 5) is 10.3. The van der Waals surface area contributed by atoms with E-state index >= 15 is 0 Å². The first-order valence-electron chi connectivity index (χ1n) is 3.61. The second kappa shape index (κ2) is 2.12. The maximum absolute atomic E-state index is 10.3. The summed E-state index contributed by atoms with van der Waals surface area (Å²) in [6.45, 7) is 0. The van der Waals surface area contributed by atoms with Crippen LogP contribution in [0.4, 0.5) is 0 Å². The number of fused-ring (bicyclic) bond motifs is 1.